The average molecular weight is 434 g/mol. The number of nitrogens with one attached hydrogen (secondary N) is 2. The Kier molecular flexibility index (Phi) is 7.40. The predicted octanol–water partition coefficient (Wildman–Crippen LogP) is 2.37. The molecule has 0 aliphatic heterocycles. The smallest absolute Gasteiger partial charge is 0.294 e. The quantitative estimate of drug-likeness (QED) is 0.444. The molecule has 3 aromatic heterocycles. The Labute approximate surface area is 178 Å². The van der Waals surface area contributed by atoms with Crippen LogP contribution in [0, 0.1) is 0 Å². The van der Waals surface area contributed by atoms with Crippen LogP contribution in [0.1, 0.15) is 11.3 Å². The van der Waals surface area contributed by atoms with Gasteiger partial charge in [0.1, 0.15) is 11.0 Å². The third-order valence-electron chi connectivity index (χ3n) is 4.17. The maximum atomic E-state index is 12.6. The number of hydrogen-bond acceptors (Lipinski definition) is 7. The van der Waals surface area contributed by atoms with Gasteiger partial charge in [0.25, 0.3) is 5.56 Å². The van der Waals surface area contributed by atoms with Crippen LogP contribution in [-0.2, 0) is 19.5 Å². The molecule has 0 aliphatic rings. The molecular weight excluding hydrogens is 413 g/mol. The van der Waals surface area contributed by atoms with Gasteiger partial charge in [-0.1, -0.05) is 29.3 Å². The fraction of sp³-hybridized carbons (Fsp3) is 0.263. The predicted molar refractivity (Wildman–Crippen MR) is 115 cm³/mol. The zero-order chi connectivity index (χ0) is 20.6. The van der Waals surface area contributed by atoms with Crippen molar-refractivity contribution in [1.29, 1.82) is 0 Å². The molecule has 0 aromatic carbocycles. The lowest BCUT2D eigenvalue weighted by molar-refractivity contribution is 0.583. The van der Waals surface area contributed by atoms with Crippen LogP contribution in [0.4, 0.5) is 11.6 Å². The Morgan fingerprint density at radius 3 is 2.72 bits per heavy atom. The van der Waals surface area contributed by atoms with E-state index < -0.39 is 0 Å². The molecule has 152 valence electrons. The summed E-state index contributed by atoms with van der Waals surface area (Å²) in [6.07, 6.45) is 5.55. The molecule has 4 N–H and O–H groups in total. The first kappa shape index (κ1) is 21.0. The lowest BCUT2D eigenvalue weighted by Crippen LogP contribution is -2.30. The molecule has 29 heavy (non-hydrogen) atoms. The standard InChI is InChI=1S/C19H21Cl2N7O/c20-15-9-13(11-26-17(15)22)10-23-7-8-28-16(21)12-27-18(19(28)29)25-6-4-14-3-1-2-5-24-14/h1-3,5,9,11-12,23H,4,6-8,10H2,(H2,22,26)(H,25,27). The van der Waals surface area contributed by atoms with Crippen LogP contribution in [-0.4, -0.2) is 32.6 Å². The Bertz CT molecular complexity index is 1010. The minimum atomic E-state index is -0.266. The highest BCUT2D eigenvalue weighted by atomic mass is 35.5. The van der Waals surface area contributed by atoms with E-state index in [1.54, 1.807) is 18.5 Å². The molecule has 0 aliphatic carbocycles. The van der Waals surface area contributed by atoms with E-state index in [1.165, 1.54) is 10.8 Å². The van der Waals surface area contributed by atoms with Gasteiger partial charge < -0.3 is 16.4 Å². The molecule has 0 atom stereocenters. The van der Waals surface area contributed by atoms with Gasteiger partial charge in [-0.05, 0) is 23.8 Å². The molecular formula is C19H21Cl2N7O. The van der Waals surface area contributed by atoms with Crippen molar-refractivity contribution in [2.24, 2.45) is 0 Å². The molecule has 3 aromatic rings. The second-order valence-electron chi connectivity index (χ2n) is 6.27. The minimum absolute atomic E-state index is 0.264. The highest BCUT2D eigenvalue weighted by molar-refractivity contribution is 6.32. The first-order valence-corrected chi connectivity index (χ1v) is 9.80. The number of pyridine rings is 2. The van der Waals surface area contributed by atoms with E-state index >= 15 is 0 Å². The van der Waals surface area contributed by atoms with Crippen molar-refractivity contribution < 1.29 is 0 Å². The summed E-state index contributed by atoms with van der Waals surface area (Å²) in [5, 5.41) is 6.98. The molecule has 0 bridgehead atoms. The van der Waals surface area contributed by atoms with Crippen LogP contribution in [0.3, 0.4) is 0 Å². The Hall–Kier alpha value is -2.68. The summed E-state index contributed by atoms with van der Waals surface area (Å²) in [7, 11) is 0. The summed E-state index contributed by atoms with van der Waals surface area (Å²) in [6.45, 7) is 2.01. The minimum Gasteiger partial charge on any atom is -0.382 e. The van der Waals surface area contributed by atoms with Crippen molar-refractivity contribution in [1.82, 2.24) is 24.8 Å². The number of anilines is 2. The fourth-order valence-corrected chi connectivity index (χ4v) is 3.06. The highest BCUT2D eigenvalue weighted by Gasteiger charge is 2.09. The number of hydrogen-bond donors (Lipinski definition) is 3. The molecule has 10 heteroatoms. The number of nitrogen functional groups attached to an aromatic ring is 1. The van der Waals surface area contributed by atoms with Gasteiger partial charge in [0.15, 0.2) is 5.82 Å². The molecule has 3 heterocycles. The van der Waals surface area contributed by atoms with Gasteiger partial charge in [0.05, 0.1) is 11.2 Å². The molecule has 0 saturated carbocycles. The normalized spacial score (nSPS) is 10.8. The first-order valence-electron chi connectivity index (χ1n) is 9.04. The van der Waals surface area contributed by atoms with Gasteiger partial charge in [-0.2, -0.15) is 0 Å². The maximum absolute atomic E-state index is 12.6. The lowest BCUT2D eigenvalue weighted by Gasteiger charge is -2.12. The van der Waals surface area contributed by atoms with Crippen molar-refractivity contribution in [2.45, 2.75) is 19.5 Å². The van der Waals surface area contributed by atoms with Crippen molar-refractivity contribution in [3.8, 4) is 0 Å². The Balaban J connectivity index is 1.54. The van der Waals surface area contributed by atoms with Gasteiger partial charge in [-0.15, -0.1) is 0 Å². The van der Waals surface area contributed by atoms with E-state index in [9.17, 15) is 4.79 Å². The van der Waals surface area contributed by atoms with Crippen LogP contribution < -0.4 is 21.9 Å². The van der Waals surface area contributed by atoms with Gasteiger partial charge in [-0.3, -0.25) is 14.3 Å². The summed E-state index contributed by atoms with van der Waals surface area (Å²) >= 11 is 12.1. The zero-order valence-electron chi connectivity index (χ0n) is 15.6. The summed E-state index contributed by atoms with van der Waals surface area (Å²) in [4.78, 5) is 25.0. The largest absolute Gasteiger partial charge is 0.382 e. The van der Waals surface area contributed by atoms with E-state index in [0.29, 0.717) is 43.4 Å². The zero-order valence-corrected chi connectivity index (χ0v) is 17.1. The van der Waals surface area contributed by atoms with E-state index in [-0.39, 0.29) is 16.5 Å². The van der Waals surface area contributed by atoms with Crippen molar-refractivity contribution in [3.63, 3.8) is 0 Å². The number of nitrogens with zero attached hydrogens (tertiary/aromatic N) is 4. The Morgan fingerprint density at radius 2 is 1.97 bits per heavy atom. The van der Waals surface area contributed by atoms with Crippen molar-refractivity contribution in [2.75, 3.05) is 24.1 Å². The van der Waals surface area contributed by atoms with Gasteiger partial charge in [-0.25, -0.2) is 9.97 Å². The second-order valence-corrected chi connectivity index (χ2v) is 7.07. The summed E-state index contributed by atoms with van der Waals surface area (Å²) in [5.74, 6) is 0.563. The molecule has 0 unspecified atom stereocenters. The topological polar surface area (TPSA) is 111 Å². The van der Waals surface area contributed by atoms with E-state index in [4.69, 9.17) is 28.9 Å². The number of aromatic nitrogens is 4. The van der Waals surface area contributed by atoms with Crippen molar-refractivity contribution in [3.05, 3.63) is 74.6 Å². The van der Waals surface area contributed by atoms with Crippen LogP contribution in [0.25, 0.3) is 0 Å². The molecule has 0 fully saturated rings. The molecule has 0 radical (unpaired) electrons. The van der Waals surface area contributed by atoms with Crippen molar-refractivity contribution >= 4 is 34.8 Å². The number of rotatable bonds is 9. The van der Waals surface area contributed by atoms with E-state index in [0.717, 1.165) is 11.3 Å². The van der Waals surface area contributed by atoms with Crippen LogP contribution >= 0.6 is 23.2 Å². The number of nitrogens with two attached hydrogens (primary N) is 1. The fourth-order valence-electron chi connectivity index (χ4n) is 2.66. The Morgan fingerprint density at radius 1 is 1.10 bits per heavy atom. The first-order chi connectivity index (χ1) is 14.0. The van der Waals surface area contributed by atoms with Gasteiger partial charge in [0.2, 0.25) is 0 Å². The summed E-state index contributed by atoms with van der Waals surface area (Å²) < 4.78 is 1.47. The average Bonchev–Trinajstić information content (AvgIpc) is 2.72. The lowest BCUT2D eigenvalue weighted by atomic mass is 10.3. The maximum Gasteiger partial charge on any atom is 0.294 e. The summed E-state index contributed by atoms with van der Waals surface area (Å²) in [6, 6.07) is 7.48. The molecule has 0 amide bonds. The van der Waals surface area contributed by atoms with E-state index in [2.05, 4.69) is 25.6 Å². The monoisotopic (exact) mass is 433 g/mol. The third-order valence-corrected chi connectivity index (χ3v) is 4.78. The van der Waals surface area contributed by atoms with Crippen LogP contribution in [0.5, 0.6) is 0 Å². The van der Waals surface area contributed by atoms with Crippen LogP contribution in [0.15, 0.2) is 47.7 Å². The SMILES string of the molecule is Nc1ncc(CNCCn2c(Cl)cnc(NCCc3ccccn3)c2=O)cc1Cl. The number of halogens is 2. The van der Waals surface area contributed by atoms with Gasteiger partial charge >= 0.3 is 0 Å². The van der Waals surface area contributed by atoms with Gasteiger partial charge in [0, 0.05) is 50.7 Å². The highest BCUT2D eigenvalue weighted by Crippen LogP contribution is 2.16. The van der Waals surface area contributed by atoms with E-state index in [1.807, 2.05) is 18.2 Å². The van der Waals surface area contributed by atoms with Crippen LogP contribution in [0.2, 0.25) is 10.2 Å². The summed E-state index contributed by atoms with van der Waals surface area (Å²) in [5.41, 5.74) is 7.17. The second kappa shape index (κ2) is 10.2. The third kappa shape index (κ3) is 5.90. The molecule has 0 saturated heterocycles. The molecule has 3 rings (SSSR count). The molecule has 8 nitrogen and oxygen atoms in total. The molecule has 0 spiro atoms.